The molecule has 4 rings (SSSR count). The summed E-state index contributed by atoms with van der Waals surface area (Å²) in [7, 11) is 1.64. The molecule has 0 bridgehead atoms. The van der Waals surface area contributed by atoms with Crippen molar-refractivity contribution < 1.29 is 19.7 Å². The van der Waals surface area contributed by atoms with Crippen LogP contribution in [0.1, 0.15) is 67.7 Å². The maximum atomic E-state index is 11.4. The van der Waals surface area contributed by atoms with Gasteiger partial charge in [-0.1, -0.05) is 24.3 Å². The van der Waals surface area contributed by atoms with Crippen molar-refractivity contribution >= 4 is 16.9 Å². The lowest BCUT2D eigenvalue weighted by molar-refractivity contribution is -0.137. The maximum absolute atomic E-state index is 11.4. The molecule has 2 N–H and O–H groups in total. The highest BCUT2D eigenvalue weighted by molar-refractivity contribution is 5.83. The molecule has 1 aromatic heterocycles. The molecular formula is C32H42N2O4. The third kappa shape index (κ3) is 7.55. The average Bonchev–Trinajstić information content (AvgIpc) is 2.93. The number of aliphatic carboxylic acids is 1. The number of pyridine rings is 1. The molecule has 1 aliphatic rings. The number of rotatable bonds is 13. The number of aliphatic hydroxyl groups excluding tert-OH is 1. The number of unbranched alkanes of at least 4 members (excludes halogenated alkanes) is 1. The van der Waals surface area contributed by atoms with Crippen molar-refractivity contribution in [2.75, 3.05) is 26.7 Å². The van der Waals surface area contributed by atoms with Gasteiger partial charge in [-0.15, -0.1) is 0 Å². The maximum Gasteiger partial charge on any atom is 0.303 e. The van der Waals surface area contributed by atoms with Gasteiger partial charge in [0.1, 0.15) is 5.75 Å². The molecule has 2 heterocycles. The van der Waals surface area contributed by atoms with E-state index in [-0.39, 0.29) is 6.42 Å². The van der Waals surface area contributed by atoms with Gasteiger partial charge in [0, 0.05) is 24.5 Å². The molecule has 3 aromatic rings. The van der Waals surface area contributed by atoms with Crippen molar-refractivity contribution in [3.05, 3.63) is 71.4 Å². The van der Waals surface area contributed by atoms with E-state index < -0.39 is 12.1 Å². The number of carboxylic acid groups (broad SMARTS) is 1. The second-order valence-corrected chi connectivity index (χ2v) is 10.8. The standard InChI is InChI=1S/C32H42N2O4/c1-23-7-3-4-8-24(23)9-5-6-19-34-20-17-25(26(22-34)11-15-32(36)37)10-14-31(35)28-16-18-33-30-13-12-27(38-2)21-29(28)30/h3-4,7-8,12-13,16,18,21,25-26,31,35H,5-6,9-11,14-15,17,19-20,22H2,1-2H3,(H,36,37)/t25-,26-,31-/m1/s1. The Labute approximate surface area is 226 Å². The molecule has 1 fully saturated rings. The smallest absolute Gasteiger partial charge is 0.303 e. The fourth-order valence-corrected chi connectivity index (χ4v) is 6.01. The molecular weight excluding hydrogens is 476 g/mol. The third-order valence-electron chi connectivity index (χ3n) is 8.29. The molecule has 6 heteroatoms. The lowest BCUT2D eigenvalue weighted by Crippen LogP contribution is -2.41. The van der Waals surface area contributed by atoms with Gasteiger partial charge in [-0.25, -0.2) is 0 Å². The second-order valence-electron chi connectivity index (χ2n) is 10.8. The summed E-state index contributed by atoms with van der Waals surface area (Å²) in [5, 5.41) is 21.4. The van der Waals surface area contributed by atoms with Crippen LogP contribution in [0.15, 0.2) is 54.7 Å². The van der Waals surface area contributed by atoms with Gasteiger partial charge in [-0.05, 0) is 118 Å². The van der Waals surface area contributed by atoms with E-state index in [9.17, 15) is 15.0 Å². The average molecular weight is 519 g/mol. The zero-order chi connectivity index (χ0) is 26.9. The minimum atomic E-state index is -0.726. The summed E-state index contributed by atoms with van der Waals surface area (Å²) in [6.07, 6.45) is 8.10. The molecule has 0 saturated carbocycles. The highest BCUT2D eigenvalue weighted by Crippen LogP contribution is 2.35. The predicted molar refractivity (Wildman–Crippen MR) is 152 cm³/mol. The number of aliphatic hydroxyl groups is 1. The number of benzene rings is 2. The number of aryl methyl sites for hydroxylation is 2. The number of aromatic nitrogens is 1. The number of carbonyl (C=O) groups is 1. The van der Waals surface area contributed by atoms with Crippen molar-refractivity contribution in [3.8, 4) is 5.75 Å². The number of piperidine rings is 1. The number of nitrogens with zero attached hydrogens (tertiary/aromatic N) is 2. The van der Waals surface area contributed by atoms with Crippen molar-refractivity contribution in [2.24, 2.45) is 11.8 Å². The number of likely N-dealkylation sites (tertiary alicyclic amines) is 1. The summed E-state index contributed by atoms with van der Waals surface area (Å²) in [5.74, 6) is 0.794. The van der Waals surface area contributed by atoms with E-state index in [0.717, 1.165) is 67.5 Å². The topological polar surface area (TPSA) is 82.9 Å². The fourth-order valence-electron chi connectivity index (χ4n) is 6.01. The monoisotopic (exact) mass is 518 g/mol. The van der Waals surface area contributed by atoms with E-state index in [1.54, 1.807) is 13.3 Å². The molecule has 0 radical (unpaired) electrons. The molecule has 6 nitrogen and oxygen atoms in total. The van der Waals surface area contributed by atoms with E-state index in [0.29, 0.717) is 24.7 Å². The first kappa shape index (κ1) is 28.1. The number of methoxy groups -OCH3 is 1. The molecule has 0 aliphatic carbocycles. The summed E-state index contributed by atoms with van der Waals surface area (Å²) in [6.45, 7) is 5.24. The van der Waals surface area contributed by atoms with E-state index >= 15 is 0 Å². The first-order valence-electron chi connectivity index (χ1n) is 14.0. The van der Waals surface area contributed by atoms with Gasteiger partial charge in [0.05, 0.1) is 18.7 Å². The van der Waals surface area contributed by atoms with Gasteiger partial charge < -0.3 is 19.8 Å². The largest absolute Gasteiger partial charge is 0.497 e. The van der Waals surface area contributed by atoms with Crippen molar-refractivity contribution in [1.82, 2.24) is 9.88 Å². The van der Waals surface area contributed by atoms with Crippen LogP contribution < -0.4 is 4.74 Å². The molecule has 0 unspecified atom stereocenters. The van der Waals surface area contributed by atoms with Crippen LogP contribution in [0.25, 0.3) is 10.9 Å². The lowest BCUT2D eigenvalue weighted by atomic mass is 9.79. The third-order valence-corrected chi connectivity index (χ3v) is 8.29. The molecule has 204 valence electrons. The van der Waals surface area contributed by atoms with Crippen molar-refractivity contribution in [1.29, 1.82) is 0 Å². The van der Waals surface area contributed by atoms with Gasteiger partial charge in [0.2, 0.25) is 0 Å². The van der Waals surface area contributed by atoms with E-state index in [2.05, 4.69) is 41.1 Å². The summed E-state index contributed by atoms with van der Waals surface area (Å²) >= 11 is 0. The van der Waals surface area contributed by atoms with Gasteiger partial charge in [-0.3, -0.25) is 9.78 Å². The normalized spacial score (nSPS) is 18.9. The Morgan fingerprint density at radius 3 is 2.76 bits per heavy atom. The minimum absolute atomic E-state index is 0.208. The van der Waals surface area contributed by atoms with E-state index in [1.807, 2.05) is 24.3 Å². The minimum Gasteiger partial charge on any atom is -0.497 e. The quantitative estimate of drug-likeness (QED) is 0.263. The Bertz CT molecular complexity index is 1200. The molecule has 1 saturated heterocycles. The Morgan fingerprint density at radius 1 is 1.13 bits per heavy atom. The van der Waals surface area contributed by atoms with Crippen LogP contribution in [0.5, 0.6) is 5.75 Å². The van der Waals surface area contributed by atoms with E-state index in [4.69, 9.17) is 4.74 Å². The highest BCUT2D eigenvalue weighted by atomic mass is 16.5. The van der Waals surface area contributed by atoms with Gasteiger partial charge in [-0.2, -0.15) is 0 Å². The van der Waals surface area contributed by atoms with Crippen LogP contribution >= 0.6 is 0 Å². The predicted octanol–water partition coefficient (Wildman–Crippen LogP) is 6.19. The number of ether oxygens (including phenoxy) is 1. The van der Waals surface area contributed by atoms with Crippen molar-refractivity contribution in [2.45, 2.75) is 64.4 Å². The highest BCUT2D eigenvalue weighted by Gasteiger charge is 2.30. The summed E-state index contributed by atoms with van der Waals surface area (Å²) < 4.78 is 5.38. The SMILES string of the molecule is COc1ccc2nccc([C@H](O)CC[C@@H]3CCN(CCCCc4ccccc4C)C[C@H]3CCC(=O)O)c2c1. The Morgan fingerprint density at radius 2 is 1.97 bits per heavy atom. The summed E-state index contributed by atoms with van der Waals surface area (Å²) in [6, 6.07) is 16.3. The molecule has 0 spiro atoms. The Kier molecular flexibility index (Phi) is 10.1. The first-order chi connectivity index (χ1) is 18.4. The summed E-state index contributed by atoms with van der Waals surface area (Å²) in [5.41, 5.74) is 4.52. The molecule has 38 heavy (non-hydrogen) atoms. The number of fused-ring (bicyclic) bond motifs is 1. The van der Waals surface area contributed by atoms with Crippen LogP contribution in [0.4, 0.5) is 0 Å². The molecule has 2 aromatic carbocycles. The van der Waals surface area contributed by atoms with Crippen LogP contribution in [-0.4, -0.2) is 52.8 Å². The van der Waals surface area contributed by atoms with Gasteiger partial charge in [0.25, 0.3) is 0 Å². The molecule has 3 atom stereocenters. The van der Waals surface area contributed by atoms with Gasteiger partial charge >= 0.3 is 5.97 Å². The number of hydrogen-bond acceptors (Lipinski definition) is 5. The molecule has 1 aliphatic heterocycles. The number of carboxylic acids is 1. The number of hydrogen-bond donors (Lipinski definition) is 2. The lowest BCUT2D eigenvalue weighted by Gasteiger charge is -2.39. The van der Waals surface area contributed by atoms with Crippen molar-refractivity contribution in [3.63, 3.8) is 0 Å². The Hall–Kier alpha value is -2.96. The first-order valence-corrected chi connectivity index (χ1v) is 14.0. The fraction of sp³-hybridized carbons (Fsp3) is 0.500. The second kappa shape index (κ2) is 13.7. The van der Waals surface area contributed by atoms with E-state index in [1.165, 1.54) is 17.5 Å². The van der Waals surface area contributed by atoms with Crippen LogP contribution in [-0.2, 0) is 11.2 Å². The van der Waals surface area contributed by atoms with Crippen LogP contribution in [0.2, 0.25) is 0 Å². The van der Waals surface area contributed by atoms with Gasteiger partial charge in [0.15, 0.2) is 0 Å². The zero-order valence-corrected chi connectivity index (χ0v) is 22.8. The van der Waals surface area contributed by atoms with Crippen LogP contribution in [0, 0.1) is 18.8 Å². The van der Waals surface area contributed by atoms with Crippen LogP contribution in [0.3, 0.4) is 0 Å². The summed E-state index contributed by atoms with van der Waals surface area (Å²) in [4.78, 5) is 18.3. The molecule has 0 amide bonds. The Balaban J connectivity index is 1.32. The zero-order valence-electron chi connectivity index (χ0n) is 22.8.